The molecule has 0 unspecified atom stereocenters. The third-order valence-electron chi connectivity index (χ3n) is 4.29. The fourth-order valence-electron chi connectivity index (χ4n) is 3.12. The monoisotopic (exact) mass is 298 g/mol. The van der Waals surface area contributed by atoms with Crippen LogP contribution in [0.2, 0.25) is 0 Å². The standard InChI is InChI=1S/C18H22N2O2/c21-18(16-7-2-1-3-8-16)20(14-17-9-5-11-22-17)13-15-6-4-10-19-12-15/h4-6,9-12,16H,1-3,7-8,13-14H2. The van der Waals surface area contributed by atoms with E-state index in [9.17, 15) is 4.79 Å². The van der Waals surface area contributed by atoms with Crippen LogP contribution in [0.15, 0.2) is 47.3 Å². The molecule has 0 atom stereocenters. The smallest absolute Gasteiger partial charge is 0.226 e. The zero-order chi connectivity index (χ0) is 15.2. The van der Waals surface area contributed by atoms with Gasteiger partial charge >= 0.3 is 0 Å². The third kappa shape index (κ3) is 3.75. The Bertz CT molecular complexity index is 574. The molecule has 2 aromatic heterocycles. The van der Waals surface area contributed by atoms with Crippen molar-refractivity contribution in [3.8, 4) is 0 Å². The molecule has 1 aliphatic carbocycles. The quantitative estimate of drug-likeness (QED) is 0.844. The summed E-state index contributed by atoms with van der Waals surface area (Å²) in [4.78, 5) is 18.9. The van der Waals surface area contributed by atoms with Gasteiger partial charge in [-0.25, -0.2) is 0 Å². The molecule has 22 heavy (non-hydrogen) atoms. The van der Waals surface area contributed by atoms with E-state index in [0.717, 1.165) is 37.0 Å². The molecule has 0 aliphatic heterocycles. The Morgan fingerprint density at radius 2 is 2.05 bits per heavy atom. The summed E-state index contributed by atoms with van der Waals surface area (Å²) in [5, 5.41) is 0. The largest absolute Gasteiger partial charge is 0.467 e. The van der Waals surface area contributed by atoms with Crippen LogP contribution in [0.25, 0.3) is 0 Å². The molecule has 0 radical (unpaired) electrons. The lowest BCUT2D eigenvalue weighted by Crippen LogP contribution is -2.36. The van der Waals surface area contributed by atoms with Gasteiger partial charge < -0.3 is 9.32 Å². The molecule has 4 heteroatoms. The molecule has 0 saturated heterocycles. The van der Waals surface area contributed by atoms with Crippen LogP contribution in [0.4, 0.5) is 0 Å². The molecule has 1 amide bonds. The van der Waals surface area contributed by atoms with Gasteiger partial charge in [-0.15, -0.1) is 0 Å². The maximum atomic E-state index is 12.9. The molecule has 2 heterocycles. The van der Waals surface area contributed by atoms with E-state index in [0.29, 0.717) is 13.1 Å². The first-order chi connectivity index (χ1) is 10.8. The number of rotatable bonds is 5. The summed E-state index contributed by atoms with van der Waals surface area (Å²) in [6.07, 6.45) is 10.8. The van der Waals surface area contributed by atoms with Crippen molar-refractivity contribution >= 4 is 5.91 Å². The third-order valence-corrected chi connectivity index (χ3v) is 4.29. The van der Waals surface area contributed by atoms with Crippen LogP contribution in [-0.2, 0) is 17.9 Å². The van der Waals surface area contributed by atoms with E-state index in [1.807, 2.05) is 35.4 Å². The fraction of sp³-hybridized carbons (Fsp3) is 0.444. The highest BCUT2D eigenvalue weighted by Crippen LogP contribution is 2.26. The maximum absolute atomic E-state index is 12.9. The van der Waals surface area contributed by atoms with Gasteiger partial charge in [-0.05, 0) is 36.6 Å². The summed E-state index contributed by atoms with van der Waals surface area (Å²) in [6.45, 7) is 1.11. The Hall–Kier alpha value is -2.10. The van der Waals surface area contributed by atoms with E-state index < -0.39 is 0 Å². The van der Waals surface area contributed by atoms with Crippen LogP contribution >= 0.6 is 0 Å². The number of furan rings is 1. The Kier molecular flexibility index (Phi) is 4.88. The topological polar surface area (TPSA) is 46.3 Å². The molecular formula is C18H22N2O2. The molecule has 4 nitrogen and oxygen atoms in total. The van der Waals surface area contributed by atoms with Gasteiger partial charge in [-0.2, -0.15) is 0 Å². The van der Waals surface area contributed by atoms with Crippen molar-refractivity contribution in [1.82, 2.24) is 9.88 Å². The second-order valence-corrected chi connectivity index (χ2v) is 5.97. The van der Waals surface area contributed by atoms with Crippen molar-refractivity contribution in [2.75, 3.05) is 0 Å². The van der Waals surface area contributed by atoms with E-state index in [1.165, 1.54) is 6.42 Å². The minimum Gasteiger partial charge on any atom is -0.467 e. The highest BCUT2D eigenvalue weighted by atomic mass is 16.3. The molecule has 116 valence electrons. The molecule has 2 aromatic rings. The summed E-state index contributed by atoms with van der Waals surface area (Å²) >= 11 is 0. The molecule has 0 aromatic carbocycles. The summed E-state index contributed by atoms with van der Waals surface area (Å²) in [5.41, 5.74) is 1.05. The van der Waals surface area contributed by atoms with E-state index >= 15 is 0 Å². The summed E-state index contributed by atoms with van der Waals surface area (Å²) < 4.78 is 5.43. The highest BCUT2D eigenvalue weighted by Gasteiger charge is 2.26. The van der Waals surface area contributed by atoms with Crippen molar-refractivity contribution in [2.45, 2.75) is 45.2 Å². The summed E-state index contributed by atoms with van der Waals surface area (Å²) in [7, 11) is 0. The van der Waals surface area contributed by atoms with E-state index in [2.05, 4.69) is 4.98 Å². The van der Waals surface area contributed by atoms with Crippen LogP contribution in [-0.4, -0.2) is 15.8 Å². The van der Waals surface area contributed by atoms with E-state index in [1.54, 1.807) is 12.5 Å². The van der Waals surface area contributed by atoms with Crippen LogP contribution in [0.3, 0.4) is 0 Å². The van der Waals surface area contributed by atoms with Crippen molar-refractivity contribution in [1.29, 1.82) is 0 Å². The van der Waals surface area contributed by atoms with Gasteiger partial charge in [0, 0.05) is 24.9 Å². The lowest BCUT2D eigenvalue weighted by atomic mass is 9.88. The molecule has 1 fully saturated rings. The first-order valence-electron chi connectivity index (χ1n) is 8.03. The molecule has 0 N–H and O–H groups in total. The molecule has 1 aliphatic rings. The van der Waals surface area contributed by atoms with Gasteiger partial charge in [-0.3, -0.25) is 9.78 Å². The van der Waals surface area contributed by atoms with Crippen LogP contribution < -0.4 is 0 Å². The number of hydrogen-bond donors (Lipinski definition) is 0. The molecular weight excluding hydrogens is 276 g/mol. The fourth-order valence-corrected chi connectivity index (χ4v) is 3.12. The predicted octanol–water partition coefficient (Wildman–Crippen LogP) is 3.78. The zero-order valence-electron chi connectivity index (χ0n) is 12.8. The number of nitrogens with zero attached hydrogens (tertiary/aromatic N) is 2. The number of pyridine rings is 1. The number of amides is 1. The lowest BCUT2D eigenvalue weighted by Gasteiger charge is -2.29. The molecule has 0 spiro atoms. The second-order valence-electron chi connectivity index (χ2n) is 5.97. The second kappa shape index (κ2) is 7.25. The first-order valence-corrected chi connectivity index (χ1v) is 8.03. The van der Waals surface area contributed by atoms with Gasteiger partial charge in [0.05, 0.1) is 12.8 Å². The van der Waals surface area contributed by atoms with Crippen LogP contribution in [0.1, 0.15) is 43.4 Å². The molecule has 1 saturated carbocycles. The van der Waals surface area contributed by atoms with Crippen molar-refractivity contribution in [3.63, 3.8) is 0 Å². The predicted molar refractivity (Wildman–Crippen MR) is 83.8 cm³/mol. The van der Waals surface area contributed by atoms with Crippen molar-refractivity contribution < 1.29 is 9.21 Å². The van der Waals surface area contributed by atoms with Gasteiger partial charge in [-0.1, -0.05) is 25.3 Å². The zero-order valence-corrected chi connectivity index (χ0v) is 12.8. The summed E-state index contributed by atoms with van der Waals surface area (Å²) in [5.74, 6) is 1.24. The van der Waals surface area contributed by atoms with E-state index in [-0.39, 0.29) is 11.8 Å². The first kappa shape index (κ1) is 14.8. The van der Waals surface area contributed by atoms with Gasteiger partial charge in [0.15, 0.2) is 0 Å². The Balaban J connectivity index is 1.74. The minimum absolute atomic E-state index is 0.167. The Labute approximate surface area is 131 Å². The summed E-state index contributed by atoms with van der Waals surface area (Å²) in [6, 6.07) is 7.70. The van der Waals surface area contributed by atoms with Crippen molar-refractivity contribution in [3.05, 3.63) is 54.2 Å². The van der Waals surface area contributed by atoms with Crippen LogP contribution in [0.5, 0.6) is 0 Å². The number of carbonyl (C=O) groups excluding carboxylic acids is 1. The highest BCUT2D eigenvalue weighted by molar-refractivity contribution is 5.78. The normalized spacial score (nSPS) is 15.6. The van der Waals surface area contributed by atoms with E-state index in [4.69, 9.17) is 4.42 Å². The van der Waals surface area contributed by atoms with Gasteiger partial charge in [0.25, 0.3) is 0 Å². The average Bonchev–Trinajstić information content (AvgIpc) is 3.08. The van der Waals surface area contributed by atoms with Crippen LogP contribution in [0, 0.1) is 5.92 Å². The molecule has 3 rings (SSSR count). The molecule has 0 bridgehead atoms. The van der Waals surface area contributed by atoms with Gasteiger partial charge in [0.2, 0.25) is 5.91 Å². The minimum atomic E-state index is 0.167. The Morgan fingerprint density at radius 3 is 2.73 bits per heavy atom. The maximum Gasteiger partial charge on any atom is 0.226 e. The Morgan fingerprint density at radius 1 is 1.18 bits per heavy atom. The number of carbonyl (C=O) groups is 1. The number of aromatic nitrogens is 1. The average molecular weight is 298 g/mol. The lowest BCUT2D eigenvalue weighted by molar-refractivity contribution is -0.138. The number of hydrogen-bond acceptors (Lipinski definition) is 3. The van der Waals surface area contributed by atoms with Gasteiger partial charge in [0.1, 0.15) is 5.76 Å². The van der Waals surface area contributed by atoms with Crippen molar-refractivity contribution in [2.24, 2.45) is 5.92 Å². The SMILES string of the molecule is O=C(C1CCCCC1)N(Cc1cccnc1)Cc1ccco1.